The second-order valence-corrected chi connectivity index (χ2v) is 23.2. The van der Waals surface area contributed by atoms with Crippen LogP contribution in [0.5, 0.6) is 0 Å². The predicted molar refractivity (Wildman–Crippen MR) is 350 cm³/mol. The Hall–Kier alpha value is -9.22. The summed E-state index contributed by atoms with van der Waals surface area (Å²) in [6.07, 6.45) is 11.3. The van der Waals surface area contributed by atoms with Crippen molar-refractivity contribution >= 4 is 94.6 Å². The van der Waals surface area contributed by atoms with Crippen LogP contribution in [-0.4, -0.2) is 34.6 Å². The van der Waals surface area contributed by atoms with E-state index >= 15 is 0 Å². The lowest BCUT2D eigenvalue weighted by Crippen LogP contribution is -2.33. The molecular weight excluding hydrogens is 1030 g/mol. The molecule has 0 bridgehead atoms. The summed E-state index contributed by atoms with van der Waals surface area (Å²) in [6, 6.07) is 58.3. The number of anilines is 5. The molecule has 0 aliphatic heterocycles. The molecule has 0 saturated carbocycles. The maximum atomic E-state index is 6.47. The fraction of sp³-hybridized carbons (Fsp3) is 0.260. The molecule has 0 amide bonds. The smallest absolute Gasteiger partial charge is 0.239 e. The van der Waals surface area contributed by atoms with Crippen molar-refractivity contribution in [3.8, 4) is 17.1 Å². The number of fused-ring (bicyclic) bond motifs is 6. The van der Waals surface area contributed by atoms with Crippen LogP contribution in [0.4, 0.5) is 28.4 Å². The van der Waals surface area contributed by atoms with E-state index in [-0.39, 0.29) is 0 Å². The number of nitrogens with zero attached hydrogens (tertiary/aromatic N) is 6. The van der Waals surface area contributed by atoms with Gasteiger partial charge in [0, 0.05) is 121 Å². The third-order valence-corrected chi connectivity index (χ3v) is 17.0. The number of rotatable bonds is 21. The zero-order chi connectivity index (χ0) is 57.8. The van der Waals surface area contributed by atoms with E-state index in [1.807, 2.05) is 13.8 Å². The summed E-state index contributed by atoms with van der Waals surface area (Å²) in [7, 11) is 0. The van der Waals surface area contributed by atoms with Crippen molar-refractivity contribution in [2.75, 3.05) is 47.1 Å². The van der Waals surface area contributed by atoms with E-state index in [4.69, 9.17) is 26.4 Å². The number of aromatic nitrogens is 6. The molecule has 0 spiro atoms. The van der Waals surface area contributed by atoms with E-state index in [0.29, 0.717) is 0 Å². The number of nitrogens with two attached hydrogens (primary N) is 2. The monoisotopic (exact) mass is 1110 g/mol. The Morgan fingerprint density at radius 1 is 0.310 bits per heavy atom. The number of para-hydroxylation sites is 3. The van der Waals surface area contributed by atoms with E-state index in [2.05, 4.69) is 221 Å². The summed E-state index contributed by atoms with van der Waals surface area (Å²) in [5, 5.41) is 11.4. The minimum absolute atomic E-state index is 0.767. The van der Waals surface area contributed by atoms with E-state index in [1.165, 1.54) is 47.1 Å². The zero-order valence-electron chi connectivity index (χ0n) is 49.6. The highest BCUT2D eigenvalue weighted by atomic mass is 15.0. The van der Waals surface area contributed by atoms with Crippen LogP contribution in [0.15, 0.2) is 164 Å². The molecule has 0 unspecified atom stereocenters. The molecule has 11 heteroatoms. The molecule has 0 fully saturated rings. The van der Waals surface area contributed by atoms with E-state index in [1.54, 1.807) is 0 Å². The molecule has 12 aromatic rings. The van der Waals surface area contributed by atoms with Gasteiger partial charge in [-0.2, -0.15) is 0 Å². The van der Waals surface area contributed by atoms with Crippen LogP contribution >= 0.6 is 0 Å². The van der Waals surface area contributed by atoms with Crippen molar-refractivity contribution in [1.29, 1.82) is 0 Å². The molecule has 11 nitrogen and oxygen atoms in total. The molecule has 0 atom stereocenters. The van der Waals surface area contributed by atoms with Gasteiger partial charge in [0.05, 0.1) is 0 Å². The van der Waals surface area contributed by atoms with Gasteiger partial charge >= 0.3 is 0 Å². The molecule has 422 valence electrons. The van der Waals surface area contributed by atoms with Gasteiger partial charge in [-0.05, 0) is 149 Å². The van der Waals surface area contributed by atoms with Crippen LogP contribution in [0, 0.1) is 41.5 Å². The minimum atomic E-state index is 0.767. The van der Waals surface area contributed by atoms with Crippen LogP contribution < -0.4 is 41.1 Å². The second kappa shape index (κ2) is 24.3. The Kier molecular flexibility index (Phi) is 16.0. The highest BCUT2D eigenvalue weighted by molar-refractivity contribution is 5.90. The van der Waals surface area contributed by atoms with Crippen molar-refractivity contribution in [1.82, 2.24) is 15.0 Å². The third-order valence-electron chi connectivity index (χ3n) is 17.0. The van der Waals surface area contributed by atoms with Gasteiger partial charge in [-0.1, -0.05) is 86.7 Å². The maximum absolute atomic E-state index is 6.47. The first kappa shape index (κ1) is 55.3. The van der Waals surface area contributed by atoms with Crippen LogP contribution in [0.2, 0.25) is 0 Å². The number of unbranched alkanes of at least 4 members (excludes halogenated alkanes) is 7. The molecule has 3 heterocycles. The van der Waals surface area contributed by atoms with Crippen LogP contribution in [0.25, 0.3) is 83.3 Å². The lowest BCUT2D eigenvalue weighted by molar-refractivity contribution is -0.538. The van der Waals surface area contributed by atoms with Gasteiger partial charge in [0.1, 0.15) is 33.1 Å². The van der Waals surface area contributed by atoms with Crippen LogP contribution in [0.1, 0.15) is 96.7 Å². The fourth-order valence-corrected chi connectivity index (χ4v) is 12.2. The summed E-state index contributed by atoms with van der Waals surface area (Å²) < 4.78 is 7.00. The molecule has 0 radical (unpaired) electrons. The average Bonchev–Trinajstić information content (AvgIpc) is 1.14. The van der Waals surface area contributed by atoms with Gasteiger partial charge in [-0.25, -0.2) is 15.0 Å². The van der Waals surface area contributed by atoms with Crippen LogP contribution in [0.3, 0.4) is 0 Å². The molecule has 0 aliphatic carbocycles. The number of nitrogen functional groups attached to an aromatic ring is 2. The van der Waals surface area contributed by atoms with Crippen molar-refractivity contribution < 1.29 is 13.7 Å². The first-order valence-corrected chi connectivity index (χ1v) is 30.3. The summed E-state index contributed by atoms with van der Waals surface area (Å²) in [4.78, 5) is 15.5. The van der Waals surface area contributed by atoms with E-state index in [0.717, 1.165) is 187 Å². The second-order valence-electron chi connectivity index (χ2n) is 23.2. The number of hydrogen-bond acceptors (Lipinski definition) is 8. The summed E-state index contributed by atoms with van der Waals surface area (Å²) >= 11 is 0. The first-order valence-electron chi connectivity index (χ1n) is 30.3. The highest BCUT2D eigenvalue weighted by Gasteiger charge is 2.26. The predicted octanol–water partition coefficient (Wildman–Crippen LogP) is 15.3. The fourth-order valence-electron chi connectivity index (χ4n) is 12.2. The SMILES string of the molecule is Cc1cc2nc3cc(C)c(CCCCCCCNc4cc5c(cc4C)nc4cc(C)c(NCCCCCCNc6cc7c(cc6C)nc6cc(C)c(N)cc6[n+]7-c6ccccc6)cc4[n+]5-c4ccccc4)cc3[n+](-c3ccccc3)c2cc1N. The van der Waals surface area contributed by atoms with Gasteiger partial charge in [0.2, 0.25) is 50.2 Å². The van der Waals surface area contributed by atoms with Crippen molar-refractivity contribution in [3.05, 3.63) is 203 Å². The summed E-state index contributed by atoms with van der Waals surface area (Å²) in [6.45, 7) is 15.6. The van der Waals surface area contributed by atoms with E-state index < -0.39 is 0 Å². The molecule has 0 aliphatic rings. The Labute approximate surface area is 493 Å². The average molecular weight is 1110 g/mol. The maximum Gasteiger partial charge on any atom is 0.239 e. The van der Waals surface area contributed by atoms with Gasteiger partial charge in [0.25, 0.3) is 0 Å². The number of hydrogen-bond donors (Lipinski definition) is 5. The van der Waals surface area contributed by atoms with Gasteiger partial charge in [-0.15, -0.1) is 13.7 Å². The summed E-state index contributed by atoms with van der Waals surface area (Å²) in [5.74, 6) is 0. The Balaban J connectivity index is 0.662. The molecule has 0 saturated heterocycles. The van der Waals surface area contributed by atoms with Crippen LogP contribution in [-0.2, 0) is 6.42 Å². The summed E-state index contributed by atoms with van der Waals surface area (Å²) in [5.41, 5.74) is 41.8. The van der Waals surface area contributed by atoms with E-state index in [9.17, 15) is 0 Å². The molecule has 3 aromatic heterocycles. The lowest BCUT2D eigenvalue weighted by Gasteiger charge is -2.14. The molecular formula is C73H78N11+3. The lowest BCUT2D eigenvalue weighted by atomic mass is 10.00. The Morgan fingerprint density at radius 3 is 0.952 bits per heavy atom. The zero-order valence-corrected chi connectivity index (χ0v) is 49.6. The number of benzene rings is 9. The van der Waals surface area contributed by atoms with Crippen molar-refractivity contribution in [2.45, 2.75) is 106 Å². The molecule has 84 heavy (non-hydrogen) atoms. The van der Waals surface area contributed by atoms with Gasteiger partial charge in [0.15, 0.2) is 0 Å². The number of nitrogens with one attached hydrogen (secondary N) is 3. The normalized spacial score (nSPS) is 11.7. The van der Waals surface area contributed by atoms with Gasteiger partial charge in [-0.3, -0.25) is 0 Å². The molecule has 7 N–H and O–H groups in total. The minimum Gasteiger partial charge on any atom is -0.398 e. The van der Waals surface area contributed by atoms with Crippen molar-refractivity contribution in [2.24, 2.45) is 0 Å². The molecule has 9 aromatic carbocycles. The Morgan fingerprint density at radius 2 is 0.595 bits per heavy atom. The largest absolute Gasteiger partial charge is 0.398 e. The quantitative estimate of drug-likeness (QED) is 0.0208. The Bertz CT molecular complexity index is 4150. The number of aryl methyl sites for hydroxylation is 7. The van der Waals surface area contributed by atoms with Gasteiger partial charge < -0.3 is 27.4 Å². The van der Waals surface area contributed by atoms with Crippen molar-refractivity contribution in [3.63, 3.8) is 0 Å². The topological polar surface area (TPSA) is 138 Å². The highest BCUT2D eigenvalue weighted by Crippen LogP contribution is 2.31. The molecule has 12 rings (SSSR count). The first-order chi connectivity index (χ1) is 40.9. The standard InChI is InChI=1S/C73H75N11/c1-47-35-62-68(82(54-26-16-12-17-27-54)69-42-57(74)48(2)36-63(69)79-62)41-53(47)25-15-8-7-9-22-32-76-60-45-72-66(39-51(60)5)81-67-40-52(6)61(46-73(67)84(72)56-30-20-14-21-31-56)78-34-24-11-10-23-33-77-59-44-71-65(38-50(59)4)80-64-37-49(3)58(75)43-70(64)83(71)55-28-18-13-19-29-55/h12-14,16-21,26-31,35-46,74H,7-11,15,22-25,32-34H2,1-6H3,(H3,75,76,77,78)/p+3. The third kappa shape index (κ3) is 11.5.